The van der Waals surface area contributed by atoms with Crippen molar-refractivity contribution in [2.75, 3.05) is 6.54 Å². The molecule has 1 aromatic heterocycles. The molecule has 1 aliphatic heterocycles. The Hall–Kier alpha value is -0.870. The van der Waals surface area contributed by atoms with Gasteiger partial charge in [-0.25, -0.2) is 0 Å². The third-order valence-corrected chi connectivity index (χ3v) is 4.73. The fourth-order valence-corrected chi connectivity index (χ4v) is 3.43. The molecule has 0 aromatic carbocycles. The second kappa shape index (κ2) is 5.85. The summed E-state index contributed by atoms with van der Waals surface area (Å²) in [6.07, 6.45) is 4.02. The first-order valence-corrected chi connectivity index (χ1v) is 7.65. The molecular weight excluding hydrogens is 244 g/mol. The molecule has 1 saturated heterocycles. The van der Waals surface area contributed by atoms with Crippen molar-refractivity contribution in [2.45, 2.75) is 51.1 Å². The van der Waals surface area contributed by atoms with Crippen molar-refractivity contribution in [3.8, 4) is 0 Å². The lowest BCUT2D eigenvalue weighted by Crippen LogP contribution is -2.53. The van der Waals surface area contributed by atoms with Crippen molar-refractivity contribution in [3.63, 3.8) is 0 Å². The van der Waals surface area contributed by atoms with Crippen molar-refractivity contribution < 1.29 is 4.79 Å². The van der Waals surface area contributed by atoms with Crippen LogP contribution in [0.5, 0.6) is 0 Å². The number of thiophene rings is 1. The van der Waals surface area contributed by atoms with Gasteiger partial charge in [-0.05, 0) is 44.2 Å². The van der Waals surface area contributed by atoms with Gasteiger partial charge in [0.2, 0.25) is 5.91 Å². The van der Waals surface area contributed by atoms with Crippen molar-refractivity contribution in [3.05, 3.63) is 22.4 Å². The van der Waals surface area contributed by atoms with Crippen LogP contribution in [0.1, 0.15) is 50.4 Å². The molecule has 2 unspecified atom stereocenters. The highest BCUT2D eigenvalue weighted by atomic mass is 32.1. The van der Waals surface area contributed by atoms with Crippen LogP contribution in [0.2, 0.25) is 0 Å². The zero-order chi connectivity index (χ0) is 13.0. The highest BCUT2D eigenvalue weighted by Crippen LogP contribution is 2.27. The summed E-state index contributed by atoms with van der Waals surface area (Å²) < 4.78 is 0. The largest absolute Gasteiger partial charge is 0.347 e. The van der Waals surface area contributed by atoms with Crippen LogP contribution in [0.25, 0.3) is 0 Å². The molecule has 0 saturated carbocycles. The van der Waals surface area contributed by atoms with Crippen LogP contribution in [0.4, 0.5) is 0 Å². The molecule has 3 nitrogen and oxygen atoms in total. The van der Waals surface area contributed by atoms with E-state index in [1.54, 1.807) is 11.3 Å². The van der Waals surface area contributed by atoms with Gasteiger partial charge in [-0.15, -0.1) is 11.3 Å². The molecule has 2 N–H and O–H groups in total. The minimum atomic E-state index is -0.319. The minimum Gasteiger partial charge on any atom is -0.347 e. The smallest absolute Gasteiger partial charge is 0.240 e. The maximum Gasteiger partial charge on any atom is 0.240 e. The van der Waals surface area contributed by atoms with Gasteiger partial charge < -0.3 is 10.6 Å². The number of rotatable bonds is 5. The van der Waals surface area contributed by atoms with Crippen LogP contribution in [-0.2, 0) is 4.79 Å². The minimum absolute atomic E-state index is 0.105. The molecule has 0 spiro atoms. The first kappa shape index (κ1) is 13.6. The van der Waals surface area contributed by atoms with Crippen LogP contribution in [0.15, 0.2) is 17.5 Å². The van der Waals surface area contributed by atoms with E-state index < -0.39 is 0 Å². The molecule has 2 atom stereocenters. The zero-order valence-electron chi connectivity index (χ0n) is 11.2. The summed E-state index contributed by atoms with van der Waals surface area (Å²) in [5.74, 6) is 0.169. The number of carbonyl (C=O) groups is 1. The van der Waals surface area contributed by atoms with Crippen LogP contribution in [0.3, 0.4) is 0 Å². The Morgan fingerprint density at radius 2 is 2.50 bits per heavy atom. The fourth-order valence-electron chi connectivity index (χ4n) is 2.70. The molecule has 0 aliphatic carbocycles. The molecule has 100 valence electrons. The molecule has 1 fully saturated rings. The molecule has 4 heteroatoms. The third kappa shape index (κ3) is 2.75. The first-order valence-electron chi connectivity index (χ1n) is 6.77. The highest BCUT2D eigenvalue weighted by molar-refractivity contribution is 7.10. The molecule has 2 heterocycles. The van der Waals surface area contributed by atoms with Gasteiger partial charge in [0, 0.05) is 4.88 Å². The van der Waals surface area contributed by atoms with E-state index in [2.05, 4.69) is 30.5 Å². The van der Waals surface area contributed by atoms with E-state index in [4.69, 9.17) is 0 Å². The van der Waals surface area contributed by atoms with Crippen molar-refractivity contribution in [1.82, 2.24) is 10.6 Å². The standard InChI is InChI=1S/C14H22N2OS/c1-3-7-14(8-5-9-15-14)13(17)16-11(2)12-6-4-10-18-12/h4,6,10-11,15H,3,5,7-9H2,1-2H3,(H,16,17). The quantitative estimate of drug-likeness (QED) is 0.860. The van der Waals surface area contributed by atoms with Crippen LogP contribution < -0.4 is 10.6 Å². The van der Waals surface area contributed by atoms with E-state index in [1.165, 1.54) is 4.88 Å². The monoisotopic (exact) mass is 266 g/mol. The Morgan fingerprint density at radius 3 is 3.06 bits per heavy atom. The predicted octanol–water partition coefficient (Wildman–Crippen LogP) is 2.85. The van der Waals surface area contributed by atoms with Gasteiger partial charge >= 0.3 is 0 Å². The van der Waals surface area contributed by atoms with Crippen LogP contribution in [0, 0.1) is 0 Å². The Morgan fingerprint density at radius 1 is 1.67 bits per heavy atom. The van der Waals surface area contributed by atoms with Crippen molar-refractivity contribution in [2.24, 2.45) is 0 Å². The summed E-state index contributed by atoms with van der Waals surface area (Å²) in [6.45, 7) is 5.15. The number of hydrogen-bond donors (Lipinski definition) is 2. The molecule has 1 aliphatic rings. The van der Waals surface area contributed by atoms with Crippen LogP contribution in [-0.4, -0.2) is 18.0 Å². The number of hydrogen-bond acceptors (Lipinski definition) is 3. The summed E-state index contributed by atoms with van der Waals surface area (Å²) >= 11 is 1.69. The molecule has 2 rings (SSSR count). The van der Waals surface area contributed by atoms with Gasteiger partial charge in [-0.2, -0.15) is 0 Å². The SMILES string of the molecule is CCCC1(C(=O)NC(C)c2cccs2)CCCN1. The van der Waals surface area contributed by atoms with E-state index in [1.807, 2.05) is 11.4 Å². The van der Waals surface area contributed by atoms with Crippen molar-refractivity contribution >= 4 is 17.2 Å². The highest BCUT2D eigenvalue weighted by Gasteiger charge is 2.40. The molecule has 0 bridgehead atoms. The summed E-state index contributed by atoms with van der Waals surface area (Å²) in [5.41, 5.74) is -0.319. The van der Waals surface area contributed by atoms with Gasteiger partial charge in [0.15, 0.2) is 0 Å². The molecule has 18 heavy (non-hydrogen) atoms. The topological polar surface area (TPSA) is 41.1 Å². The molecule has 0 radical (unpaired) electrons. The van der Waals surface area contributed by atoms with Gasteiger partial charge in [-0.1, -0.05) is 19.4 Å². The van der Waals surface area contributed by atoms with Crippen molar-refractivity contribution in [1.29, 1.82) is 0 Å². The maximum absolute atomic E-state index is 12.5. The summed E-state index contributed by atoms with van der Waals surface area (Å²) in [5, 5.41) is 8.62. The Kier molecular flexibility index (Phi) is 4.40. The lowest BCUT2D eigenvalue weighted by molar-refractivity contribution is -0.128. The van der Waals surface area contributed by atoms with E-state index in [0.717, 1.165) is 32.2 Å². The van der Waals surface area contributed by atoms with E-state index in [-0.39, 0.29) is 17.5 Å². The van der Waals surface area contributed by atoms with Gasteiger partial charge in [0.05, 0.1) is 11.6 Å². The second-order valence-corrected chi connectivity index (χ2v) is 6.05. The van der Waals surface area contributed by atoms with Gasteiger partial charge in [0.25, 0.3) is 0 Å². The average Bonchev–Trinajstić information content (AvgIpc) is 3.00. The van der Waals surface area contributed by atoms with Gasteiger partial charge in [-0.3, -0.25) is 4.79 Å². The second-order valence-electron chi connectivity index (χ2n) is 5.07. The Balaban J connectivity index is 2.01. The molecule has 1 aromatic rings. The zero-order valence-corrected chi connectivity index (χ0v) is 12.0. The predicted molar refractivity (Wildman–Crippen MR) is 75.8 cm³/mol. The number of carbonyl (C=O) groups excluding carboxylic acids is 1. The first-order chi connectivity index (χ1) is 8.68. The molecular formula is C14H22N2OS. The van der Waals surface area contributed by atoms with Gasteiger partial charge in [0.1, 0.15) is 0 Å². The Labute approximate surface area is 113 Å². The normalized spacial score (nSPS) is 25.0. The number of amides is 1. The number of nitrogens with one attached hydrogen (secondary N) is 2. The summed E-state index contributed by atoms with van der Waals surface area (Å²) in [6, 6.07) is 4.20. The van der Waals surface area contributed by atoms with E-state index >= 15 is 0 Å². The maximum atomic E-state index is 12.5. The lowest BCUT2D eigenvalue weighted by atomic mass is 9.90. The lowest BCUT2D eigenvalue weighted by Gasteiger charge is -2.29. The fraction of sp³-hybridized carbons (Fsp3) is 0.643. The average molecular weight is 266 g/mol. The third-order valence-electron chi connectivity index (χ3n) is 3.67. The van der Waals surface area contributed by atoms with Crippen LogP contribution >= 0.6 is 11.3 Å². The summed E-state index contributed by atoms with van der Waals surface area (Å²) in [7, 11) is 0. The molecule has 1 amide bonds. The van der Waals surface area contributed by atoms with E-state index in [9.17, 15) is 4.79 Å². The summed E-state index contributed by atoms with van der Waals surface area (Å²) in [4.78, 5) is 13.7. The van der Waals surface area contributed by atoms with E-state index in [0.29, 0.717) is 0 Å². The Bertz CT molecular complexity index is 383.